The predicted octanol–water partition coefficient (Wildman–Crippen LogP) is 1.91. The molecule has 13 heavy (non-hydrogen) atoms. The van der Waals surface area contributed by atoms with E-state index in [0.29, 0.717) is 12.5 Å². The summed E-state index contributed by atoms with van der Waals surface area (Å²) in [6, 6.07) is 2.48. The van der Waals surface area contributed by atoms with Crippen molar-refractivity contribution in [1.82, 2.24) is 4.90 Å². The molecule has 1 aliphatic heterocycles. The average molecular weight is 195 g/mol. The SMILES string of the molecule is CC1CCN1C(=O)Cc1ccsc1. The number of nitrogens with zero attached hydrogens (tertiary/aromatic N) is 1. The van der Waals surface area contributed by atoms with Crippen LogP contribution in [0.1, 0.15) is 18.9 Å². The Labute approximate surface area is 82.2 Å². The Kier molecular flexibility index (Phi) is 2.36. The summed E-state index contributed by atoms with van der Waals surface area (Å²) < 4.78 is 0. The van der Waals surface area contributed by atoms with Gasteiger partial charge >= 0.3 is 0 Å². The van der Waals surface area contributed by atoms with Crippen molar-refractivity contribution in [2.75, 3.05) is 6.54 Å². The Balaban J connectivity index is 1.92. The molecule has 1 aromatic rings. The van der Waals surface area contributed by atoms with Gasteiger partial charge in [0.1, 0.15) is 0 Å². The molecule has 2 rings (SSSR count). The smallest absolute Gasteiger partial charge is 0.227 e. The standard InChI is InChI=1S/C10H13NOS/c1-8-2-4-11(8)10(12)6-9-3-5-13-7-9/h3,5,7-8H,2,4,6H2,1H3. The summed E-state index contributed by atoms with van der Waals surface area (Å²) in [6.45, 7) is 3.05. The van der Waals surface area contributed by atoms with E-state index in [1.54, 1.807) is 11.3 Å². The van der Waals surface area contributed by atoms with Crippen LogP contribution in [0.25, 0.3) is 0 Å². The van der Waals surface area contributed by atoms with E-state index in [4.69, 9.17) is 0 Å². The third-order valence-corrected chi connectivity index (χ3v) is 3.31. The van der Waals surface area contributed by atoms with Crippen molar-refractivity contribution in [3.8, 4) is 0 Å². The van der Waals surface area contributed by atoms with Gasteiger partial charge in [-0.2, -0.15) is 11.3 Å². The van der Waals surface area contributed by atoms with Gasteiger partial charge in [0.05, 0.1) is 6.42 Å². The van der Waals surface area contributed by atoms with Gasteiger partial charge in [0.15, 0.2) is 0 Å². The Hall–Kier alpha value is -0.830. The number of likely N-dealkylation sites (tertiary alicyclic amines) is 1. The third kappa shape index (κ3) is 1.75. The Bertz CT molecular complexity index is 294. The summed E-state index contributed by atoms with van der Waals surface area (Å²) in [5, 5.41) is 4.06. The van der Waals surface area contributed by atoms with Gasteiger partial charge in [-0.1, -0.05) is 0 Å². The molecule has 1 aliphatic rings. The Morgan fingerprint density at radius 1 is 1.77 bits per heavy atom. The molecule has 0 radical (unpaired) electrons. The fraction of sp³-hybridized carbons (Fsp3) is 0.500. The number of carbonyl (C=O) groups excluding carboxylic acids is 1. The second-order valence-corrected chi connectivity index (χ2v) is 4.31. The van der Waals surface area contributed by atoms with Gasteiger partial charge in [0, 0.05) is 12.6 Å². The summed E-state index contributed by atoms with van der Waals surface area (Å²) in [4.78, 5) is 13.6. The lowest BCUT2D eigenvalue weighted by atomic mass is 10.0. The van der Waals surface area contributed by atoms with Crippen molar-refractivity contribution < 1.29 is 4.79 Å². The molecule has 1 atom stereocenters. The fourth-order valence-corrected chi connectivity index (χ4v) is 2.22. The van der Waals surface area contributed by atoms with Crippen molar-refractivity contribution in [3.05, 3.63) is 22.4 Å². The van der Waals surface area contributed by atoms with E-state index in [-0.39, 0.29) is 5.91 Å². The summed E-state index contributed by atoms with van der Waals surface area (Å²) in [6.07, 6.45) is 1.74. The second kappa shape index (κ2) is 3.50. The number of carbonyl (C=O) groups is 1. The van der Waals surface area contributed by atoms with Gasteiger partial charge in [-0.3, -0.25) is 4.79 Å². The van der Waals surface area contributed by atoms with E-state index in [1.165, 1.54) is 0 Å². The third-order valence-electron chi connectivity index (χ3n) is 2.58. The summed E-state index contributed by atoms with van der Waals surface area (Å²) >= 11 is 1.65. The molecule has 1 unspecified atom stereocenters. The van der Waals surface area contributed by atoms with Crippen molar-refractivity contribution in [1.29, 1.82) is 0 Å². The fourth-order valence-electron chi connectivity index (χ4n) is 1.56. The first-order chi connectivity index (χ1) is 6.27. The van der Waals surface area contributed by atoms with Crippen molar-refractivity contribution in [3.63, 3.8) is 0 Å². The molecular weight excluding hydrogens is 182 g/mol. The summed E-state index contributed by atoms with van der Waals surface area (Å²) in [5.74, 6) is 0.275. The molecule has 0 N–H and O–H groups in total. The maximum atomic E-state index is 11.6. The van der Waals surface area contributed by atoms with Crippen LogP contribution in [0.2, 0.25) is 0 Å². The first-order valence-electron chi connectivity index (χ1n) is 4.58. The van der Waals surface area contributed by atoms with Gasteiger partial charge < -0.3 is 4.90 Å². The maximum absolute atomic E-state index is 11.6. The molecular formula is C10H13NOS. The lowest BCUT2D eigenvalue weighted by Gasteiger charge is -2.38. The Morgan fingerprint density at radius 3 is 3.08 bits per heavy atom. The van der Waals surface area contributed by atoms with Crippen LogP contribution in [-0.4, -0.2) is 23.4 Å². The zero-order valence-corrected chi connectivity index (χ0v) is 8.51. The summed E-state index contributed by atoms with van der Waals surface area (Å²) in [5.41, 5.74) is 1.15. The molecule has 1 amide bonds. The number of thiophene rings is 1. The minimum atomic E-state index is 0.275. The molecule has 1 fully saturated rings. The molecule has 3 heteroatoms. The number of amides is 1. The van der Waals surface area contributed by atoms with Crippen LogP contribution in [0.15, 0.2) is 16.8 Å². The zero-order valence-electron chi connectivity index (χ0n) is 7.69. The highest BCUT2D eigenvalue weighted by Gasteiger charge is 2.27. The largest absolute Gasteiger partial charge is 0.340 e. The van der Waals surface area contributed by atoms with Crippen LogP contribution >= 0.6 is 11.3 Å². The lowest BCUT2D eigenvalue weighted by molar-refractivity contribution is -0.137. The van der Waals surface area contributed by atoms with Gasteiger partial charge in [-0.05, 0) is 35.7 Å². The van der Waals surface area contributed by atoms with Crippen LogP contribution in [0, 0.1) is 0 Å². The van der Waals surface area contributed by atoms with E-state index >= 15 is 0 Å². The molecule has 0 aliphatic carbocycles. The van der Waals surface area contributed by atoms with E-state index in [0.717, 1.165) is 18.5 Å². The minimum Gasteiger partial charge on any atom is -0.340 e. The monoisotopic (exact) mass is 195 g/mol. The molecule has 0 bridgehead atoms. The summed E-state index contributed by atoms with van der Waals surface area (Å²) in [7, 11) is 0. The highest BCUT2D eigenvalue weighted by molar-refractivity contribution is 7.07. The van der Waals surface area contributed by atoms with Crippen LogP contribution in [0.3, 0.4) is 0 Å². The van der Waals surface area contributed by atoms with Crippen LogP contribution in [-0.2, 0) is 11.2 Å². The molecule has 1 saturated heterocycles. The van der Waals surface area contributed by atoms with Crippen molar-refractivity contribution >= 4 is 17.2 Å². The molecule has 0 saturated carbocycles. The second-order valence-electron chi connectivity index (χ2n) is 3.53. The molecule has 1 aromatic heterocycles. The maximum Gasteiger partial charge on any atom is 0.227 e. The van der Waals surface area contributed by atoms with E-state index in [2.05, 4.69) is 6.92 Å². The average Bonchev–Trinajstić information content (AvgIpc) is 2.54. The van der Waals surface area contributed by atoms with E-state index in [9.17, 15) is 4.79 Å². The van der Waals surface area contributed by atoms with Crippen LogP contribution in [0.4, 0.5) is 0 Å². The van der Waals surface area contributed by atoms with Gasteiger partial charge in [-0.25, -0.2) is 0 Å². The van der Waals surface area contributed by atoms with Gasteiger partial charge in [-0.15, -0.1) is 0 Å². The number of hydrogen-bond acceptors (Lipinski definition) is 2. The van der Waals surface area contributed by atoms with Gasteiger partial charge in [0.2, 0.25) is 5.91 Å². The molecule has 0 aromatic carbocycles. The normalized spacial score (nSPS) is 21.3. The topological polar surface area (TPSA) is 20.3 Å². The first-order valence-corrected chi connectivity index (χ1v) is 5.52. The van der Waals surface area contributed by atoms with Crippen molar-refractivity contribution in [2.24, 2.45) is 0 Å². The van der Waals surface area contributed by atoms with E-state index in [1.807, 2.05) is 21.7 Å². The lowest BCUT2D eigenvalue weighted by Crippen LogP contribution is -2.49. The molecule has 0 spiro atoms. The highest BCUT2D eigenvalue weighted by atomic mass is 32.1. The van der Waals surface area contributed by atoms with Crippen LogP contribution < -0.4 is 0 Å². The Morgan fingerprint density at radius 2 is 2.62 bits per heavy atom. The van der Waals surface area contributed by atoms with Gasteiger partial charge in [0.25, 0.3) is 0 Å². The van der Waals surface area contributed by atoms with E-state index < -0.39 is 0 Å². The highest BCUT2D eigenvalue weighted by Crippen LogP contribution is 2.18. The van der Waals surface area contributed by atoms with Crippen LogP contribution in [0.5, 0.6) is 0 Å². The number of hydrogen-bond donors (Lipinski definition) is 0. The first kappa shape index (κ1) is 8.75. The minimum absolute atomic E-state index is 0.275. The van der Waals surface area contributed by atoms with Crippen molar-refractivity contribution in [2.45, 2.75) is 25.8 Å². The molecule has 2 nitrogen and oxygen atoms in total. The molecule has 2 heterocycles. The number of rotatable bonds is 2. The predicted molar refractivity (Wildman–Crippen MR) is 53.8 cm³/mol. The zero-order chi connectivity index (χ0) is 9.26. The molecule has 70 valence electrons. The quantitative estimate of drug-likeness (QED) is 0.706.